The first-order valence-corrected chi connectivity index (χ1v) is 8.68. The second-order valence-electron chi connectivity index (χ2n) is 5.99. The topological polar surface area (TPSA) is 72.0 Å². The highest BCUT2D eigenvalue weighted by Crippen LogP contribution is 2.34. The molecular weight excluding hydrogens is 330 g/mol. The summed E-state index contributed by atoms with van der Waals surface area (Å²) in [6.45, 7) is 1.15. The molecule has 2 aromatic carbocycles. The van der Waals surface area contributed by atoms with Crippen LogP contribution in [-0.2, 0) is 4.74 Å². The highest BCUT2D eigenvalue weighted by atomic mass is 16.5. The van der Waals surface area contributed by atoms with Crippen LogP contribution in [0, 0.1) is 0 Å². The fraction of sp³-hybridized carbons (Fsp3) is 0.300. The van der Waals surface area contributed by atoms with Crippen molar-refractivity contribution in [3.63, 3.8) is 0 Å². The maximum Gasteiger partial charge on any atom is 0.335 e. The molecule has 1 aliphatic heterocycles. The summed E-state index contributed by atoms with van der Waals surface area (Å²) in [5.41, 5.74) is 5.37. The molecule has 1 aliphatic rings. The highest BCUT2D eigenvalue weighted by molar-refractivity contribution is 6.04. The number of nitrogens with one attached hydrogen (secondary N) is 2. The summed E-state index contributed by atoms with van der Waals surface area (Å²) >= 11 is 0. The van der Waals surface area contributed by atoms with Crippen molar-refractivity contribution in [2.75, 3.05) is 20.3 Å². The molecule has 136 valence electrons. The van der Waals surface area contributed by atoms with E-state index < -0.39 is 0 Å². The SMILES string of the molecule is COCCCNC(=O)N/N=C1/CC(c2ccccc2)Oc2ccccc21. The van der Waals surface area contributed by atoms with Gasteiger partial charge in [-0.05, 0) is 24.1 Å². The number of hydrogen-bond donors (Lipinski definition) is 2. The summed E-state index contributed by atoms with van der Waals surface area (Å²) in [5.74, 6) is 0.772. The Balaban J connectivity index is 1.71. The van der Waals surface area contributed by atoms with Crippen LogP contribution < -0.4 is 15.5 Å². The summed E-state index contributed by atoms with van der Waals surface area (Å²) in [6, 6.07) is 17.4. The van der Waals surface area contributed by atoms with Gasteiger partial charge < -0.3 is 14.8 Å². The third-order valence-electron chi connectivity index (χ3n) is 4.12. The molecule has 2 aromatic rings. The molecule has 6 nitrogen and oxygen atoms in total. The smallest absolute Gasteiger partial charge is 0.335 e. The highest BCUT2D eigenvalue weighted by Gasteiger charge is 2.26. The first kappa shape index (κ1) is 17.9. The Morgan fingerprint density at radius 3 is 2.77 bits per heavy atom. The Morgan fingerprint density at radius 2 is 1.96 bits per heavy atom. The Bertz CT molecular complexity index is 762. The molecule has 0 saturated carbocycles. The van der Waals surface area contributed by atoms with Gasteiger partial charge in [0.25, 0.3) is 0 Å². The van der Waals surface area contributed by atoms with Crippen molar-refractivity contribution in [1.29, 1.82) is 0 Å². The number of carbonyl (C=O) groups is 1. The van der Waals surface area contributed by atoms with Crippen LogP contribution in [0.4, 0.5) is 4.79 Å². The van der Waals surface area contributed by atoms with Crippen molar-refractivity contribution in [1.82, 2.24) is 10.7 Å². The number of hydrazone groups is 1. The predicted octanol–water partition coefficient (Wildman–Crippen LogP) is 3.25. The van der Waals surface area contributed by atoms with Crippen molar-refractivity contribution in [2.24, 2.45) is 5.10 Å². The number of benzene rings is 2. The summed E-state index contributed by atoms with van der Waals surface area (Å²) in [5, 5.41) is 7.10. The normalized spacial score (nSPS) is 17.3. The van der Waals surface area contributed by atoms with E-state index in [1.54, 1.807) is 7.11 Å². The Morgan fingerprint density at radius 1 is 1.19 bits per heavy atom. The van der Waals surface area contributed by atoms with Gasteiger partial charge in [-0.2, -0.15) is 5.10 Å². The molecule has 6 heteroatoms. The number of rotatable bonds is 6. The molecule has 1 atom stereocenters. The molecule has 1 heterocycles. The molecule has 0 bridgehead atoms. The Hall–Kier alpha value is -2.86. The second-order valence-corrected chi connectivity index (χ2v) is 5.99. The fourth-order valence-corrected chi connectivity index (χ4v) is 2.82. The molecule has 26 heavy (non-hydrogen) atoms. The number of para-hydroxylation sites is 1. The zero-order chi connectivity index (χ0) is 18.2. The number of nitrogens with zero attached hydrogens (tertiary/aromatic N) is 1. The summed E-state index contributed by atoms with van der Waals surface area (Å²) in [6.07, 6.45) is 1.22. The molecule has 0 radical (unpaired) electrons. The fourth-order valence-electron chi connectivity index (χ4n) is 2.82. The number of carbonyl (C=O) groups excluding carboxylic acids is 1. The first-order chi connectivity index (χ1) is 12.8. The number of amides is 2. The minimum Gasteiger partial charge on any atom is -0.485 e. The summed E-state index contributed by atoms with van der Waals surface area (Å²) in [4.78, 5) is 11.9. The van der Waals surface area contributed by atoms with Gasteiger partial charge in [-0.3, -0.25) is 0 Å². The van der Waals surface area contributed by atoms with Crippen LogP contribution in [0.5, 0.6) is 5.75 Å². The van der Waals surface area contributed by atoms with Crippen LogP contribution in [0.1, 0.15) is 30.1 Å². The van der Waals surface area contributed by atoms with E-state index in [9.17, 15) is 4.79 Å². The van der Waals surface area contributed by atoms with Crippen molar-refractivity contribution >= 4 is 11.7 Å². The minimum absolute atomic E-state index is 0.128. The molecule has 3 rings (SSSR count). The number of hydrogen-bond acceptors (Lipinski definition) is 4. The van der Waals surface area contributed by atoms with Crippen LogP contribution in [0.15, 0.2) is 59.7 Å². The van der Waals surface area contributed by atoms with Crippen molar-refractivity contribution in [2.45, 2.75) is 18.9 Å². The van der Waals surface area contributed by atoms with Gasteiger partial charge in [-0.15, -0.1) is 0 Å². The van der Waals surface area contributed by atoms with E-state index in [0.717, 1.165) is 29.0 Å². The van der Waals surface area contributed by atoms with Crippen LogP contribution in [-0.4, -0.2) is 32.0 Å². The van der Waals surface area contributed by atoms with Gasteiger partial charge in [0.2, 0.25) is 0 Å². The summed E-state index contributed by atoms with van der Waals surface area (Å²) in [7, 11) is 1.64. The number of urea groups is 1. The lowest BCUT2D eigenvalue weighted by Gasteiger charge is -2.27. The number of fused-ring (bicyclic) bond motifs is 1. The van der Waals surface area contributed by atoms with Gasteiger partial charge in [0.15, 0.2) is 0 Å². The lowest BCUT2D eigenvalue weighted by molar-refractivity contribution is 0.193. The quantitative estimate of drug-likeness (QED) is 0.618. The maximum absolute atomic E-state index is 11.9. The minimum atomic E-state index is -0.325. The molecule has 0 aromatic heterocycles. The lowest BCUT2D eigenvalue weighted by Crippen LogP contribution is -2.34. The van der Waals surface area contributed by atoms with Crippen molar-refractivity contribution < 1.29 is 14.3 Å². The molecular formula is C20H23N3O3. The van der Waals surface area contributed by atoms with Crippen LogP contribution in [0.25, 0.3) is 0 Å². The zero-order valence-corrected chi connectivity index (χ0v) is 14.8. The van der Waals surface area contributed by atoms with Gasteiger partial charge in [-0.1, -0.05) is 42.5 Å². The monoisotopic (exact) mass is 353 g/mol. The largest absolute Gasteiger partial charge is 0.485 e. The van der Waals surface area contributed by atoms with Crippen molar-refractivity contribution in [3.8, 4) is 5.75 Å². The molecule has 2 amide bonds. The second kappa shape index (κ2) is 9.01. The Kier molecular flexibility index (Phi) is 6.22. The van der Waals surface area contributed by atoms with Gasteiger partial charge in [0.1, 0.15) is 11.9 Å². The molecule has 0 fully saturated rings. The van der Waals surface area contributed by atoms with E-state index in [4.69, 9.17) is 9.47 Å². The van der Waals surface area contributed by atoms with E-state index in [2.05, 4.69) is 15.8 Å². The van der Waals surface area contributed by atoms with E-state index in [1.165, 1.54) is 0 Å². The van der Waals surface area contributed by atoms with E-state index in [-0.39, 0.29) is 12.1 Å². The summed E-state index contributed by atoms with van der Waals surface area (Å²) < 4.78 is 11.1. The number of ether oxygens (including phenoxy) is 2. The Labute approximate surface area is 153 Å². The van der Waals surface area contributed by atoms with Crippen LogP contribution >= 0.6 is 0 Å². The molecule has 0 aliphatic carbocycles. The lowest BCUT2D eigenvalue weighted by atomic mass is 9.96. The number of methoxy groups -OCH3 is 1. The van der Waals surface area contributed by atoms with Gasteiger partial charge in [0, 0.05) is 32.2 Å². The molecule has 0 spiro atoms. The maximum atomic E-state index is 11.9. The standard InChI is InChI=1S/C20H23N3O3/c1-25-13-7-12-21-20(24)23-22-17-14-19(15-8-3-2-4-9-15)26-18-11-6-5-10-16(17)18/h2-6,8-11,19H,7,12-14H2,1H3,(H2,21,23,24)/b22-17-. The van der Waals surface area contributed by atoms with Crippen molar-refractivity contribution in [3.05, 3.63) is 65.7 Å². The molecule has 0 saturated heterocycles. The average Bonchev–Trinajstić information content (AvgIpc) is 2.70. The third kappa shape index (κ3) is 4.61. The zero-order valence-electron chi connectivity index (χ0n) is 14.8. The van der Waals surface area contributed by atoms with Gasteiger partial charge in [-0.25, -0.2) is 10.2 Å². The van der Waals surface area contributed by atoms with E-state index in [0.29, 0.717) is 19.6 Å². The predicted molar refractivity (Wildman–Crippen MR) is 100 cm³/mol. The molecule has 2 N–H and O–H groups in total. The van der Waals surface area contributed by atoms with E-state index >= 15 is 0 Å². The van der Waals surface area contributed by atoms with Gasteiger partial charge in [0.05, 0.1) is 5.71 Å². The van der Waals surface area contributed by atoms with Crippen LogP contribution in [0.2, 0.25) is 0 Å². The van der Waals surface area contributed by atoms with Crippen LogP contribution in [0.3, 0.4) is 0 Å². The first-order valence-electron chi connectivity index (χ1n) is 8.68. The molecule has 1 unspecified atom stereocenters. The van der Waals surface area contributed by atoms with E-state index in [1.807, 2.05) is 54.6 Å². The third-order valence-corrected chi connectivity index (χ3v) is 4.12. The van der Waals surface area contributed by atoms with Gasteiger partial charge >= 0.3 is 6.03 Å². The average molecular weight is 353 g/mol.